The predicted molar refractivity (Wildman–Crippen MR) is 53.9 cm³/mol. The molecule has 14 heavy (non-hydrogen) atoms. The summed E-state index contributed by atoms with van der Waals surface area (Å²) < 4.78 is 5.14. The number of likely N-dealkylation sites (tertiary alicyclic amines) is 1. The van der Waals surface area contributed by atoms with Crippen LogP contribution in [0.5, 0.6) is 0 Å². The highest BCUT2D eigenvalue weighted by Gasteiger charge is 2.26. The lowest BCUT2D eigenvalue weighted by Gasteiger charge is -2.19. The molecule has 1 atom stereocenters. The molecule has 0 bridgehead atoms. The third-order valence-corrected chi connectivity index (χ3v) is 3.05. The van der Waals surface area contributed by atoms with E-state index in [1.54, 1.807) is 7.11 Å². The number of carbonyl (C=O) groups is 1. The standard InChI is InChI=1S/C11H17NO2/c1-14-8-9-4-5-12(7-9)10-2-3-11(13)6-10/h6,9H,2-5,7-8H2,1H3. The first-order valence-corrected chi connectivity index (χ1v) is 5.27. The number of ketones is 1. The molecule has 0 saturated carbocycles. The van der Waals surface area contributed by atoms with E-state index in [1.807, 2.05) is 6.08 Å². The van der Waals surface area contributed by atoms with Crippen LogP contribution in [0.2, 0.25) is 0 Å². The van der Waals surface area contributed by atoms with E-state index < -0.39 is 0 Å². The van der Waals surface area contributed by atoms with E-state index >= 15 is 0 Å². The van der Waals surface area contributed by atoms with Gasteiger partial charge in [0.05, 0.1) is 6.61 Å². The van der Waals surface area contributed by atoms with E-state index in [1.165, 1.54) is 12.1 Å². The molecule has 1 unspecified atom stereocenters. The van der Waals surface area contributed by atoms with Gasteiger partial charge in [0.25, 0.3) is 0 Å². The minimum Gasteiger partial charge on any atom is -0.384 e. The molecule has 0 radical (unpaired) electrons. The number of carbonyl (C=O) groups excluding carboxylic acids is 1. The van der Waals surface area contributed by atoms with Gasteiger partial charge in [-0.1, -0.05) is 0 Å². The maximum Gasteiger partial charge on any atom is 0.157 e. The summed E-state index contributed by atoms with van der Waals surface area (Å²) >= 11 is 0. The smallest absolute Gasteiger partial charge is 0.157 e. The summed E-state index contributed by atoms with van der Waals surface area (Å²) in [7, 11) is 1.75. The number of hydrogen-bond donors (Lipinski definition) is 0. The van der Waals surface area contributed by atoms with Crippen LogP contribution in [-0.4, -0.2) is 37.5 Å². The molecular formula is C11H17NO2. The fraction of sp³-hybridized carbons (Fsp3) is 0.727. The van der Waals surface area contributed by atoms with Gasteiger partial charge in [-0.3, -0.25) is 4.79 Å². The first kappa shape index (κ1) is 9.71. The van der Waals surface area contributed by atoms with Crippen LogP contribution < -0.4 is 0 Å². The molecule has 1 fully saturated rings. The molecule has 0 aromatic heterocycles. The van der Waals surface area contributed by atoms with E-state index in [-0.39, 0.29) is 5.78 Å². The van der Waals surface area contributed by atoms with Crippen LogP contribution in [0.25, 0.3) is 0 Å². The summed E-state index contributed by atoms with van der Waals surface area (Å²) in [6, 6.07) is 0. The zero-order chi connectivity index (χ0) is 9.97. The van der Waals surface area contributed by atoms with Gasteiger partial charge in [-0.25, -0.2) is 0 Å². The summed E-state index contributed by atoms with van der Waals surface area (Å²) in [5.74, 6) is 0.937. The minimum atomic E-state index is 0.287. The van der Waals surface area contributed by atoms with Crippen molar-refractivity contribution in [2.45, 2.75) is 19.3 Å². The van der Waals surface area contributed by atoms with Gasteiger partial charge in [0.2, 0.25) is 0 Å². The Morgan fingerprint density at radius 1 is 1.57 bits per heavy atom. The Bertz CT molecular complexity index is 260. The third kappa shape index (κ3) is 1.98. The summed E-state index contributed by atoms with van der Waals surface area (Å²) in [6.45, 7) is 3.00. The van der Waals surface area contributed by atoms with Crippen molar-refractivity contribution in [1.82, 2.24) is 4.90 Å². The van der Waals surface area contributed by atoms with E-state index in [9.17, 15) is 4.79 Å². The van der Waals surface area contributed by atoms with Crippen LogP contribution in [0, 0.1) is 5.92 Å². The molecule has 2 rings (SSSR count). The molecule has 3 nitrogen and oxygen atoms in total. The Kier molecular flexibility index (Phi) is 2.87. The second-order valence-electron chi connectivity index (χ2n) is 4.16. The summed E-state index contributed by atoms with van der Waals surface area (Å²) in [4.78, 5) is 13.4. The molecule has 0 N–H and O–H groups in total. The SMILES string of the molecule is COCC1CCN(C2=CC(=O)CC2)C1. The lowest BCUT2D eigenvalue weighted by molar-refractivity contribution is -0.114. The van der Waals surface area contributed by atoms with Crippen molar-refractivity contribution in [2.24, 2.45) is 5.92 Å². The van der Waals surface area contributed by atoms with Crippen molar-refractivity contribution in [3.8, 4) is 0 Å². The van der Waals surface area contributed by atoms with Gasteiger partial charge in [0, 0.05) is 44.3 Å². The largest absolute Gasteiger partial charge is 0.384 e. The van der Waals surface area contributed by atoms with Crippen molar-refractivity contribution in [2.75, 3.05) is 26.8 Å². The zero-order valence-electron chi connectivity index (χ0n) is 8.66. The van der Waals surface area contributed by atoms with Crippen molar-refractivity contribution in [3.63, 3.8) is 0 Å². The van der Waals surface area contributed by atoms with Crippen molar-refractivity contribution >= 4 is 5.78 Å². The van der Waals surface area contributed by atoms with Gasteiger partial charge < -0.3 is 9.64 Å². The number of nitrogens with zero attached hydrogens (tertiary/aromatic N) is 1. The molecule has 3 heteroatoms. The molecule has 0 amide bonds. The first-order valence-electron chi connectivity index (χ1n) is 5.27. The normalized spacial score (nSPS) is 27.2. The van der Waals surface area contributed by atoms with E-state index in [0.717, 1.165) is 26.1 Å². The highest BCUT2D eigenvalue weighted by atomic mass is 16.5. The van der Waals surface area contributed by atoms with Gasteiger partial charge in [0.1, 0.15) is 0 Å². The van der Waals surface area contributed by atoms with Crippen molar-refractivity contribution in [3.05, 3.63) is 11.8 Å². The van der Waals surface area contributed by atoms with Gasteiger partial charge in [-0.2, -0.15) is 0 Å². The number of ether oxygens (including phenoxy) is 1. The van der Waals surface area contributed by atoms with Gasteiger partial charge in [0.15, 0.2) is 5.78 Å². The fourth-order valence-corrected chi connectivity index (χ4v) is 2.30. The zero-order valence-corrected chi connectivity index (χ0v) is 8.66. The Labute approximate surface area is 84.7 Å². The maximum absolute atomic E-state index is 11.1. The molecule has 0 aromatic carbocycles. The lowest BCUT2D eigenvalue weighted by atomic mass is 10.1. The van der Waals surface area contributed by atoms with Gasteiger partial charge in [-0.05, 0) is 12.8 Å². The summed E-state index contributed by atoms with van der Waals surface area (Å²) in [5.41, 5.74) is 1.24. The van der Waals surface area contributed by atoms with Gasteiger partial charge >= 0.3 is 0 Å². The Balaban J connectivity index is 1.89. The second kappa shape index (κ2) is 4.13. The van der Waals surface area contributed by atoms with Crippen molar-refractivity contribution < 1.29 is 9.53 Å². The van der Waals surface area contributed by atoms with E-state index in [4.69, 9.17) is 4.74 Å². The topological polar surface area (TPSA) is 29.5 Å². The van der Waals surface area contributed by atoms with E-state index in [2.05, 4.69) is 4.90 Å². The van der Waals surface area contributed by atoms with Crippen molar-refractivity contribution in [1.29, 1.82) is 0 Å². The average Bonchev–Trinajstić information content (AvgIpc) is 2.74. The molecule has 78 valence electrons. The van der Waals surface area contributed by atoms with Crippen LogP contribution >= 0.6 is 0 Å². The number of hydrogen-bond acceptors (Lipinski definition) is 3. The monoisotopic (exact) mass is 195 g/mol. The molecule has 0 spiro atoms. The quantitative estimate of drug-likeness (QED) is 0.677. The summed E-state index contributed by atoms with van der Waals surface area (Å²) in [6.07, 6.45) is 4.66. The number of allylic oxidation sites excluding steroid dienone is 2. The van der Waals surface area contributed by atoms with E-state index in [0.29, 0.717) is 12.3 Å². The molecule has 1 saturated heterocycles. The van der Waals surface area contributed by atoms with Crippen LogP contribution in [0.15, 0.2) is 11.8 Å². The van der Waals surface area contributed by atoms with Crippen LogP contribution in [0.1, 0.15) is 19.3 Å². The molecule has 1 heterocycles. The molecule has 0 aromatic rings. The van der Waals surface area contributed by atoms with Gasteiger partial charge in [-0.15, -0.1) is 0 Å². The minimum absolute atomic E-state index is 0.287. The number of methoxy groups -OCH3 is 1. The van der Waals surface area contributed by atoms with Crippen LogP contribution in [-0.2, 0) is 9.53 Å². The number of rotatable bonds is 3. The maximum atomic E-state index is 11.1. The molecule has 1 aliphatic heterocycles. The third-order valence-electron chi connectivity index (χ3n) is 3.05. The molecule has 2 aliphatic rings. The van der Waals surface area contributed by atoms with Crippen LogP contribution in [0.4, 0.5) is 0 Å². The Hall–Kier alpha value is -0.830. The predicted octanol–water partition coefficient (Wildman–Crippen LogP) is 1.20. The van der Waals surface area contributed by atoms with Crippen LogP contribution in [0.3, 0.4) is 0 Å². The molecule has 1 aliphatic carbocycles. The Morgan fingerprint density at radius 2 is 2.43 bits per heavy atom. The highest BCUT2D eigenvalue weighted by molar-refractivity contribution is 5.92. The Morgan fingerprint density at radius 3 is 3.07 bits per heavy atom. The average molecular weight is 195 g/mol. The molecular weight excluding hydrogens is 178 g/mol. The highest BCUT2D eigenvalue weighted by Crippen LogP contribution is 2.26. The lowest BCUT2D eigenvalue weighted by Crippen LogP contribution is -2.20. The summed E-state index contributed by atoms with van der Waals surface area (Å²) in [5, 5.41) is 0. The second-order valence-corrected chi connectivity index (χ2v) is 4.16. The fourth-order valence-electron chi connectivity index (χ4n) is 2.30. The first-order chi connectivity index (χ1) is 6.79.